The topological polar surface area (TPSA) is 15.3 Å². The zero-order valence-electron chi connectivity index (χ0n) is 13.3. The Morgan fingerprint density at radius 2 is 1.81 bits per heavy atom. The first-order valence-corrected chi connectivity index (χ1v) is 8.76. The predicted molar refractivity (Wildman–Crippen MR) is 94.0 cm³/mol. The Kier molecular flexibility index (Phi) is 6.27. The van der Waals surface area contributed by atoms with Crippen LogP contribution in [0.25, 0.3) is 0 Å². The molecule has 0 amide bonds. The van der Waals surface area contributed by atoms with Crippen molar-refractivity contribution >= 4 is 17.0 Å². The fourth-order valence-corrected chi connectivity index (χ4v) is 3.40. The van der Waals surface area contributed by atoms with Gasteiger partial charge in [0.05, 0.1) is 6.04 Å². The lowest BCUT2D eigenvalue weighted by atomic mass is 10.1. The Balaban J connectivity index is 2.15. The molecule has 2 rings (SSSR count). The summed E-state index contributed by atoms with van der Waals surface area (Å²) < 4.78 is 0. The molecule has 0 radical (unpaired) electrons. The second-order valence-corrected chi connectivity index (χ2v) is 6.22. The monoisotopic (exact) mass is 302 g/mol. The zero-order valence-corrected chi connectivity index (χ0v) is 14.1. The predicted octanol–water partition coefficient (Wildman–Crippen LogP) is 5.15. The summed E-state index contributed by atoms with van der Waals surface area (Å²) in [6.07, 6.45) is 1.10. The van der Waals surface area contributed by atoms with Crippen molar-refractivity contribution in [3.63, 3.8) is 0 Å². The fraction of sp³-hybridized carbons (Fsp3) is 0.444. The summed E-state index contributed by atoms with van der Waals surface area (Å²) in [7, 11) is 0. The van der Waals surface area contributed by atoms with Crippen LogP contribution in [0, 0.1) is 0 Å². The van der Waals surface area contributed by atoms with E-state index in [9.17, 15) is 0 Å². The van der Waals surface area contributed by atoms with E-state index in [-0.39, 0.29) is 0 Å². The van der Waals surface area contributed by atoms with E-state index in [1.807, 2.05) is 11.3 Å². The van der Waals surface area contributed by atoms with Gasteiger partial charge in [-0.2, -0.15) is 0 Å². The highest BCUT2D eigenvalue weighted by atomic mass is 32.1. The minimum atomic E-state index is 0.405. The van der Waals surface area contributed by atoms with Crippen molar-refractivity contribution in [2.24, 2.45) is 0 Å². The van der Waals surface area contributed by atoms with Crippen LogP contribution in [-0.4, -0.2) is 18.0 Å². The molecule has 21 heavy (non-hydrogen) atoms. The Bertz CT molecular complexity index is 518. The van der Waals surface area contributed by atoms with E-state index in [2.05, 4.69) is 72.8 Å². The van der Waals surface area contributed by atoms with Crippen LogP contribution in [0.15, 0.2) is 41.8 Å². The van der Waals surface area contributed by atoms with Crippen molar-refractivity contribution in [2.75, 3.05) is 18.4 Å². The molecule has 0 bridgehead atoms. The molecule has 0 aliphatic carbocycles. The van der Waals surface area contributed by atoms with Crippen molar-refractivity contribution in [1.29, 1.82) is 0 Å². The summed E-state index contributed by atoms with van der Waals surface area (Å²) in [5.41, 5.74) is 2.65. The lowest BCUT2D eigenvalue weighted by Crippen LogP contribution is -2.23. The quantitative estimate of drug-likeness (QED) is 0.725. The van der Waals surface area contributed by atoms with Gasteiger partial charge >= 0.3 is 0 Å². The molecule has 0 spiro atoms. The average molecular weight is 302 g/mol. The van der Waals surface area contributed by atoms with Crippen LogP contribution in [0.3, 0.4) is 0 Å². The molecule has 2 aromatic rings. The molecule has 3 heteroatoms. The molecule has 1 aromatic heterocycles. The molecule has 114 valence electrons. The standard InChI is InChI=1S/C18H26N2S/c1-4-16(18-12-9-13-21-18)19-17-11-8-7-10-15(17)14-20(5-2)6-3/h7-13,16,19H,4-6,14H2,1-3H3. The Morgan fingerprint density at radius 1 is 1.05 bits per heavy atom. The molecule has 0 saturated carbocycles. The van der Waals surface area contributed by atoms with Crippen molar-refractivity contribution < 1.29 is 0 Å². The average Bonchev–Trinajstić information content (AvgIpc) is 3.05. The fourth-order valence-electron chi connectivity index (χ4n) is 2.54. The molecule has 2 nitrogen and oxygen atoms in total. The molecule has 0 aliphatic heterocycles. The Labute approximate surface area is 132 Å². The highest BCUT2D eigenvalue weighted by Gasteiger charge is 2.13. The van der Waals surface area contributed by atoms with Crippen molar-refractivity contribution in [2.45, 2.75) is 39.8 Å². The molecule has 0 aliphatic rings. The molecule has 1 heterocycles. The highest BCUT2D eigenvalue weighted by molar-refractivity contribution is 7.10. The van der Waals surface area contributed by atoms with Gasteiger partial charge in [-0.1, -0.05) is 45.0 Å². The maximum Gasteiger partial charge on any atom is 0.0604 e. The minimum Gasteiger partial charge on any atom is -0.377 e. The SMILES string of the molecule is CCC(Nc1ccccc1CN(CC)CC)c1cccs1. The summed E-state index contributed by atoms with van der Waals surface area (Å²) in [4.78, 5) is 3.86. The maximum atomic E-state index is 3.74. The maximum absolute atomic E-state index is 3.74. The summed E-state index contributed by atoms with van der Waals surface area (Å²) in [5.74, 6) is 0. The highest BCUT2D eigenvalue weighted by Crippen LogP contribution is 2.28. The van der Waals surface area contributed by atoms with Gasteiger partial charge < -0.3 is 5.32 Å². The Morgan fingerprint density at radius 3 is 2.43 bits per heavy atom. The largest absolute Gasteiger partial charge is 0.377 e. The molecule has 1 unspecified atom stereocenters. The van der Waals surface area contributed by atoms with Gasteiger partial charge in [0.1, 0.15) is 0 Å². The van der Waals surface area contributed by atoms with E-state index in [1.54, 1.807) is 0 Å². The van der Waals surface area contributed by atoms with E-state index >= 15 is 0 Å². The Hall–Kier alpha value is -1.32. The summed E-state index contributed by atoms with van der Waals surface area (Å²) in [6, 6.07) is 13.5. The van der Waals surface area contributed by atoms with Gasteiger partial charge in [0.25, 0.3) is 0 Å². The van der Waals surface area contributed by atoms with Crippen molar-refractivity contribution in [3.05, 3.63) is 52.2 Å². The first kappa shape index (κ1) is 16.1. The van der Waals surface area contributed by atoms with Crippen LogP contribution in [0.5, 0.6) is 0 Å². The molecule has 1 atom stereocenters. The molecule has 1 N–H and O–H groups in total. The number of hydrogen-bond acceptors (Lipinski definition) is 3. The first-order valence-electron chi connectivity index (χ1n) is 7.88. The van der Waals surface area contributed by atoms with Gasteiger partial charge in [0.2, 0.25) is 0 Å². The van der Waals surface area contributed by atoms with E-state index < -0.39 is 0 Å². The van der Waals surface area contributed by atoms with E-state index in [0.29, 0.717) is 6.04 Å². The van der Waals surface area contributed by atoms with Gasteiger partial charge in [-0.15, -0.1) is 11.3 Å². The van der Waals surface area contributed by atoms with Crippen LogP contribution in [0.1, 0.15) is 43.7 Å². The van der Waals surface area contributed by atoms with Gasteiger partial charge in [0.15, 0.2) is 0 Å². The number of rotatable bonds is 8. The molecular formula is C18H26N2S. The number of hydrogen-bond donors (Lipinski definition) is 1. The second kappa shape index (κ2) is 8.20. The van der Waals surface area contributed by atoms with Crippen LogP contribution in [0.4, 0.5) is 5.69 Å². The second-order valence-electron chi connectivity index (χ2n) is 5.24. The third-order valence-electron chi connectivity index (χ3n) is 3.93. The van der Waals surface area contributed by atoms with Crippen LogP contribution < -0.4 is 5.32 Å². The van der Waals surface area contributed by atoms with Gasteiger partial charge in [-0.25, -0.2) is 0 Å². The molecular weight excluding hydrogens is 276 g/mol. The summed E-state index contributed by atoms with van der Waals surface area (Å²) >= 11 is 1.83. The van der Waals surface area contributed by atoms with E-state index in [0.717, 1.165) is 26.1 Å². The third-order valence-corrected chi connectivity index (χ3v) is 4.92. The molecule has 1 aromatic carbocycles. The normalized spacial score (nSPS) is 12.6. The summed E-state index contributed by atoms with van der Waals surface area (Å²) in [5, 5.41) is 5.89. The van der Waals surface area contributed by atoms with E-state index in [4.69, 9.17) is 0 Å². The first-order chi connectivity index (χ1) is 10.3. The lowest BCUT2D eigenvalue weighted by Gasteiger charge is -2.23. The minimum absolute atomic E-state index is 0.405. The van der Waals surface area contributed by atoms with Gasteiger partial charge in [-0.3, -0.25) is 4.90 Å². The van der Waals surface area contributed by atoms with Crippen LogP contribution >= 0.6 is 11.3 Å². The van der Waals surface area contributed by atoms with Gasteiger partial charge in [0, 0.05) is 17.1 Å². The van der Waals surface area contributed by atoms with Crippen LogP contribution in [-0.2, 0) is 6.54 Å². The zero-order chi connectivity index (χ0) is 15.1. The lowest BCUT2D eigenvalue weighted by molar-refractivity contribution is 0.296. The number of nitrogens with one attached hydrogen (secondary N) is 1. The smallest absolute Gasteiger partial charge is 0.0604 e. The summed E-state index contributed by atoms with van der Waals surface area (Å²) in [6.45, 7) is 9.88. The third kappa shape index (κ3) is 4.32. The van der Waals surface area contributed by atoms with E-state index in [1.165, 1.54) is 16.1 Å². The molecule has 0 fully saturated rings. The van der Waals surface area contributed by atoms with Gasteiger partial charge in [-0.05, 0) is 42.6 Å². The van der Waals surface area contributed by atoms with Crippen molar-refractivity contribution in [1.82, 2.24) is 4.90 Å². The number of anilines is 1. The number of benzene rings is 1. The number of thiophene rings is 1. The number of para-hydroxylation sites is 1. The van der Waals surface area contributed by atoms with Crippen molar-refractivity contribution in [3.8, 4) is 0 Å². The molecule has 0 saturated heterocycles. The number of nitrogens with zero attached hydrogens (tertiary/aromatic N) is 1. The van der Waals surface area contributed by atoms with Crippen LogP contribution in [0.2, 0.25) is 0 Å².